The molecule has 0 radical (unpaired) electrons. The van der Waals surface area contributed by atoms with Crippen LogP contribution >= 0.6 is 31.9 Å². The van der Waals surface area contributed by atoms with Crippen LogP contribution in [0.25, 0.3) is 11.5 Å². The number of aromatic amines is 1. The Bertz CT molecular complexity index is 700. The van der Waals surface area contributed by atoms with E-state index in [4.69, 9.17) is 4.74 Å². The molecule has 0 amide bonds. The summed E-state index contributed by atoms with van der Waals surface area (Å²) >= 11 is 6.77. The zero-order valence-electron chi connectivity index (χ0n) is 9.74. The van der Waals surface area contributed by atoms with Gasteiger partial charge >= 0.3 is 0 Å². The highest BCUT2D eigenvalue weighted by Gasteiger charge is 2.18. The first kappa shape index (κ1) is 13.0. The van der Waals surface area contributed by atoms with Gasteiger partial charge in [-0.05, 0) is 37.9 Å². The normalized spacial score (nSPS) is 14.2. The van der Waals surface area contributed by atoms with Crippen LogP contribution in [0.15, 0.2) is 26.0 Å². The van der Waals surface area contributed by atoms with E-state index in [9.17, 15) is 4.79 Å². The van der Waals surface area contributed by atoms with Gasteiger partial charge in [-0.3, -0.25) is 9.78 Å². The van der Waals surface area contributed by atoms with Crippen molar-refractivity contribution in [2.45, 2.75) is 13.0 Å². The first-order valence-corrected chi connectivity index (χ1v) is 7.25. The van der Waals surface area contributed by atoms with E-state index in [0.29, 0.717) is 36.7 Å². The second-order valence-electron chi connectivity index (χ2n) is 4.13. The summed E-state index contributed by atoms with van der Waals surface area (Å²) in [6.45, 7) is 0.921. The van der Waals surface area contributed by atoms with Gasteiger partial charge in [0.25, 0.3) is 5.56 Å². The third-order valence-corrected chi connectivity index (χ3v) is 3.90. The monoisotopic (exact) mass is 385 g/mol. The van der Waals surface area contributed by atoms with Crippen molar-refractivity contribution in [3.63, 3.8) is 0 Å². The Morgan fingerprint density at radius 3 is 3.00 bits per heavy atom. The van der Waals surface area contributed by atoms with E-state index in [1.807, 2.05) is 6.07 Å². The average Bonchev–Trinajstić information content (AvgIpc) is 2.38. The van der Waals surface area contributed by atoms with Gasteiger partial charge in [-0.2, -0.15) is 0 Å². The molecule has 1 N–H and O–H groups in total. The zero-order chi connectivity index (χ0) is 13.4. The summed E-state index contributed by atoms with van der Waals surface area (Å²) < 4.78 is 6.90. The summed E-state index contributed by atoms with van der Waals surface area (Å²) in [6, 6.07) is 1.87. The lowest BCUT2D eigenvalue weighted by Crippen LogP contribution is -2.24. The standard InChI is InChI=1S/C12H9Br2N3O2/c13-6-3-8(14)10(15-4-6)11-16-9-1-2-19-5-7(9)12(18)17-11/h3-4H,1-2,5H2,(H,16,17,18). The molecule has 0 spiro atoms. The van der Waals surface area contributed by atoms with Crippen molar-refractivity contribution in [3.8, 4) is 11.5 Å². The SMILES string of the molecule is O=c1[nH]c(-c2ncc(Br)cc2Br)nc2c1COCC2. The number of H-pyrrole nitrogens is 1. The summed E-state index contributed by atoms with van der Waals surface area (Å²) in [5, 5.41) is 0. The molecule has 5 nitrogen and oxygen atoms in total. The summed E-state index contributed by atoms with van der Waals surface area (Å²) in [5.74, 6) is 0.477. The predicted molar refractivity (Wildman–Crippen MR) is 76.8 cm³/mol. The molecule has 7 heteroatoms. The molecule has 0 fully saturated rings. The molecule has 0 bridgehead atoms. The van der Waals surface area contributed by atoms with Crippen molar-refractivity contribution >= 4 is 31.9 Å². The average molecular weight is 387 g/mol. The Balaban J connectivity index is 2.15. The van der Waals surface area contributed by atoms with E-state index >= 15 is 0 Å². The summed E-state index contributed by atoms with van der Waals surface area (Å²) in [7, 11) is 0. The molecule has 98 valence electrons. The lowest BCUT2D eigenvalue weighted by atomic mass is 10.1. The first-order valence-electron chi connectivity index (χ1n) is 5.66. The second-order valence-corrected chi connectivity index (χ2v) is 5.90. The topological polar surface area (TPSA) is 67.9 Å². The van der Waals surface area contributed by atoms with E-state index in [1.54, 1.807) is 6.20 Å². The summed E-state index contributed by atoms with van der Waals surface area (Å²) in [6.07, 6.45) is 2.32. The number of fused-ring (bicyclic) bond motifs is 1. The first-order chi connectivity index (χ1) is 9.15. The van der Waals surface area contributed by atoms with Crippen molar-refractivity contribution in [1.29, 1.82) is 0 Å². The van der Waals surface area contributed by atoms with Crippen LogP contribution in [0.5, 0.6) is 0 Å². The highest BCUT2D eigenvalue weighted by Crippen LogP contribution is 2.26. The third kappa shape index (κ3) is 2.50. The fourth-order valence-corrected chi connectivity index (χ4v) is 3.12. The number of hydrogen-bond acceptors (Lipinski definition) is 4. The van der Waals surface area contributed by atoms with Gasteiger partial charge in [-0.25, -0.2) is 4.98 Å². The molecule has 19 heavy (non-hydrogen) atoms. The van der Waals surface area contributed by atoms with Crippen LogP contribution in [-0.4, -0.2) is 21.6 Å². The Hall–Kier alpha value is -1.05. The van der Waals surface area contributed by atoms with Crippen LogP contribution < -0.4 is 5.56 Å². The van der Waals surface area contributed by atoms with E-state index in [0.717, 1.165) is 14.6 Å². The molecular weight excluding hydrogens is 378 g/mol. The van der Waals surface area contributed by atoms with Gasteiger partial charge in [0.2, 0.25) is 0 Å². The zero-order valence-corrected chi connectivity index (χ0v) is 12.9. The molecule has 1 aliphatic heterocycles. The van der Waals surface area contributed by atoms with Gasteiger partial charge in [0.1, 0.15) is 5.69 Å². The minimum absolute atomic E-state index is 0.156. The van der Waals surface area contributed by atoms with Gasteiger partial charge in [-0.1, -0.05) is 0 Å². The fourth-order valence-electron chi connectivity index (χ4n) is 1.94. The number of aromatic nitrogens is 3. The van der Waals surface area contributed by atoms with Crippen LogP contribution in [0.4, 0.5) is 0 Å². The number of pyridine rings is 1. The molecule has 2 aromatic rings. The quantitative estimate of drug-likeness (QED) is 0.817. The van der Waals surface area contributed by atoms with Crippen LogP contribution in [0.3, 0.4) is 0 Å². The van der Waals surface area contributed by atoms with Crippen molar-refractivity contribution < 1.29 is 4.74 Å². The maximum atomic E-state index is 12.0. The Morgan fingerprint density at radius 2 is 2.21 bits per heavy atom. The Labute approximate surface area is 125 Å². The van der Waals surface area contributed by atoms with Crippen LogP contribution in [0, 0.1) is 0 Å². The number of nitrogens with zero attached hydrogens (tertiary/aromatic N) is 2. The van der Waals surface area contributed by atoms with E-state index in [1.165, 1.54) is 0 Å². The van der Waals surface area contributed by atoms with Crippen molar-refractivity contribution in [2.75, 3.05) is 6.61 Å². The van der Waals surface area contributed by atoms with Gasteiger partial charge < -0.3 is 9.72 Å². The minimum Gasteiger partial charge on any atom is -0.376 e. The molecular formula is C12H9Br2N3O2. The van der Waals surface area contributed by atoms with Crippen molar-refractivity contribution in [1.82, 2.24) is 15.0 Å². The molecule has 1 aliphatic rings. The van der Waals surface area contributed by atoms with E-state index < -0.39 is 0 Å². The second kappa shape index (κ2) is 5.15. The number of hydrogen-bond donors (Lipinski definition) is 1. The lowest BCUT2D eigenvalue weighted by molar-refractivity contribution is 0.108. The highest BCUT2D eigenvalue weighted by molar-refractivity contribution is 9.11. The highest BCUT2D eigenvalue weighted by atomic mass is 79.9. The van der Waals surface area contributed by atoms with E-state index in [-0.39, 0.29) is 5.56 Å². The molecule has 0 aromatic carbocycles. The fraction of sp³-hybridized carbons (Fsp3) is 0.250. The molecule has 0 atom stereocenters. The van der Waals surface area contributed by atoms with Crippen LogP contribution in [0.1, 0.15) is 11.3 Å². The number of ether oxygens (including phenoxy) is 1. The smallest absolute Gasteiger partial charge is 0.257 e. The number of nitrogens with one attached hydrogen (secondary N) is 1. The van der Waals surface area contributed by atoms with Crippen LogP contribution in [0.2, 0.25) is 0 Å². The summed E-state index contributed by atoms with van der Waals surface area (Å²) in [4.78, 5) is 23.5. The summed E-state index contributed by atoms with van der Waals surface area (Å²) in [5.41, 5.74) is 1.87. The number of rotatable bonds is 1. The Kier molecular flexibility index (Phi) is 3.51. The van der Waals surface area contributed by atoms with Crippen molar-refractivity contribution in [2.24, 2.45) is 0 Å². The predicted octanol–water partition coefficient (Wildman–Crippen LogP) is 2.43. The third-order valence-electron chi connectivity index (χ3n) is 2.86. The maximum Gasteiger partial charge on any atom is 0.257 e. The molecule has 2 aromatic heterocycles. The van der Waals surface area contributed by atoms with Crippen LogP contribution in [-0.2, 0) is 17.8 Å². The maximum absolute atomic E-state index is 12.0. The van der Waals surface area contributed by atoms with Gasteiger partial charge in [0, 0.05) is 21.6 Å². The van der Waals surface area contributed by atoms with Crippen molar-refractivity contribution in [3.05, 3.63) is 42.8 Å². The molecule has 3 rings (SSSR count). The minimum atomic E-state index is -0.156. The molecule has 3 heterocycles. The molecule has 0 aliphatic carbocycles. The van der Waals surface area contributed by atoms with Gasteiger partial charge in [-0.15, -0.1) is 0 Å². The largest absolute Gasteiger partial charge is 0.376 e. The Morgan fingerprint density at radius 1 is 1.37 bits per heavy atom. The molecule has 0 saturated carbocycles. The number of halogens is 2. The lowest BCUT2D eigenvalue weighted by Gasteiger charge is -2.15. The van der Waals surface area contributed by atoms with Gasteiger partial charge in [0.15, 0.2) is 5.82 Å². The van der Waals surface area contributed by atoms with Gasteiger partial charge in [0.05, 0.1) is 24.5 Å². The van der Waals surface area contributed by atoms with E-state index in [2.05, 4.69) is 46.8 Å². The molecule has 0 unspecified atom stereocenters. The molecule has 0 saturated heterocycles.